The van der Waals surface area contributed by atoms with Crippen LogP contribution in [-0.2, 0) is 0 Å². The van der Waals surface area contributed by atoms with Gasteiger partial charge in [-0.05, 0) is 0 Å². The van der Waals surface area contributed by atoms with Crippen molar-refractivity contribution in [3.05, 3.63) is 22.7 Å². The number of halogens is 2. The van der Waals surface area contributed by atoms with Gasteiger partial charge in [-0.25, -0.2) is 0 Å². The molecule has 0 aromatic carbocycles. The van der Waals surface area contributed by atoms with Gasteiger partial charge in [0.05, 0.1) is 4.83 Å². The molecular formula is C6H7Br2N. The predicted octanol–water partition coefficient (Wildman–Crippen LogP) is 1.93. The van der Waals surface area contributed by atoms with Gasteiger partial charge >= 0.3 is 0 Å². The first-order valence-electron chi connectivity index (χ1n) is 2.65. The summed E-state index contributed by atoms with van der Waals surface area (Å²) in [7, 11) is 0. The van der Waals surface area contributed by atoms with Crippen molar-refractivity contribution in [3.63, 3.8) is 0 Å². The molecule has 0 spiro atoms. The van der Waals surface area contributed by atoms with Crippen LogP contribution in [0.15, 0.2) is 22.7 Å². The summed E-state index contributed by atoms with van der Waals surface area (Å²) in [6.07, 6.45) is 5.90. The van der Waals surface area contributed by atoms with E-state index >= 15 is 0 Å². The first kappa shape index (κ1) is 7.51. The fraction of sp³-hybridized carbons (Fsp3) is 0.333. The molecule has 1 rings (SSSR count). The molecule has 3 heteroatoms. The highest BCUT2D eigenvalue weighted by molar-refractivity contribution is 9.14. The highest BCUT2D eigenvalue weighted by atomic mass is 79.9. The number of hydrogen-bond acceptors (Lipinski definition) is 1. The lowest BCUT2D eigenvalue weighted by atomic mass is 10.1. The molecule has 0 aliphatic heterocycles. The van der Waals surface area contributed by atoms with E-state index in [1.165, 1.54) is 0 Å². The van der Waals surface area contributed by atoms with Gasteiger partial charge in [-0.3, -0.25) is 0 Å². The maximum atomic E-state index is 5.66. The minimum Gasteiger partial charge on any atom is -0.323 e. The van der Waals surface area contributed by atoms with Crippen LogP contribution in [0, 0.1) is 0 Å². The van der Waals surface area contributed by atoms with Gasteiger partial charge in [0.1, 0.15) is 0 Å². The Bertz CT molecular complexity index is 162. The van der Waals surface area contributed by atoms with Crippen molar-refractivity contribution in [2.75, 3.05) is 0 Å². The Hall–Kier alpha value is 0.400. The second kappa shape index (κ2) is 2.99. The van der Waals surface area contributed by atoms with Crippen molar-refractivity contribution < 1.29 is 0 Å². The van der Waals surface area contributed by atoms with Crippen molar-refractivity contribution >= 4 is 31.9 Å². The van der Waals surface area contributed by atoms with Crippen LogP contribution < -0.4 is 5.73 Å². The van der Waals surface area contributed by atoms with E-state index < -0.39 is 0 Å². The summed E-state index contributed by atoms with van der Waals surface area (Å²) in [5.74, 6) is 0. The summed E-state index contributed by atoms with van der Waals surface area (Å²) in [4.78, 5) is 0.252. The Labute approximate surface area is 71.3 Å². The molecule has 0 heterocycles. The Morgan fingerprint density at radius 2 is 2.22 bits per heavy atom. The average molecular weight is 253 g/mol. The third kappa shape index (κ3) is 1.66. The van der Waals surface area contributed by atoms with E-state index in [0.717, 1.165) is 4.48 Å². The zero-order valence-corrected chi connectivity index (χ0v) is 7.89. The molecule has 50 valence electrons. The highest BCUT2D eigenvalue weighted by Crippen LogP contribution is 2.24. The van der Waals surface area contributed by atoms with Crippen LogP contribution in [0.1, 0.15) is 0 Å². The van der Waals surface area contributed by atoms with Crippen molar-refractivity contribution in [1.82, 2.24) is 0 Å². The first-order chi connectivity index (χ1) is 4.22. The van der Waals surface area contributed by atoms with Crippen LogP contribution in [-0.4, -0.2) is 10.9 Å². The molecule has 0 saturated heterocycles. The van der Waals surface area contributed by atoms with Gasteiger partial charge in [0.25, 0.3) is 0 Å². The van der Waals surface area contributed by atoms with Gasteiger partial charge < -0.3 is 5.73 Å². The molecule has 0 aromatic heterocycles. The van der Waals surface area contributed by atoms with Gasteiger partial charge in [-0.2, -0.15) is 0 Å². The summed E-state index contributed by atoms with van der Waals surface area (Å²) in [5.41, 5.74) is 5.66. The van der Waals surface area contributed by atoms with Crippen LogP contribution in [0.4, 0.5) is 0 Å². The molecule has 0 saturated carbocycles. The molecule has 0 amide bonds. The van der Waals surface area contributed by atoms with E-state index in [9.17, 15) is 0 Å². The number of rotatable bonds is 0. The van der Waals surface area contributed by atoms with Crippen LogP contribution in [0.3, 0.4) is 0 Å². The Morgan fingerprint density at radius 3 is 2.67 bits per heavy atom. The Balaban J connectivity index is 2.73. The summed E-state index contributed by atoms with van der Waals surface area (Å²) in [5, 5.41) is 0. The monoisotopic (exact) mass is 251 g/mol. The first-order valence-corrected chi connectivity index (χ1v) is 4.36. The quantitative estimate of drug-likeness (QED) is 0.656. The van der Waals surface area contributed by atoms with E-state index in [1.807, 2.05) is 18.2 Å². The normalized spacial score (nSPS) is 34.3. The van der Waals surface area contributed by atoms with E-state index in [4.69, 9.17) is 5.73 Å². The number of nitrogens with two attached hydrogens (primary N) is 1. The molecule has 2 N–H and O–H groups in total. The third-order valence-electron chi connectivity index (χ3n) is 1.19. The van der Waals surface area contributed by atoms with E-state index in [2.05, 4.69) is 31.9 Å². The lowest BCUT2D eigenvalue weighted by Gasteiger charge is -2.16. The predicted molar refractivity (Wildman–Crippen MR) is 46.8 cm³/mol. The minimum atomic E-state index is 0.101. The highest BCUT2D eigenvalue weighted by Gasteiger charge is 2.16. The molecule has 9 heavy (non-hydrogen) atoms. The van der Waals surface area contributed by atoms with Crippen molar-refractivity contribution in [3.8, 4) is 0 Å². The minimum absolute atomic E-state index is 0.101. The molecule has 1 aliphatic carbocycles. The topological polar surface area (TPSA) is 26.0 Å². The zero-order valence-electron chi connectivity index (χ0n) is 4.72. The smallest absolute Gasteiger partial charge is 0.0647 e. The fourth-order valence-electron chi connectivity index (χ4n) is 0.649. The largest absolute Gasteiger partial charge is 0.323 e. The van der Waals surface area contributed by atoms with E-state index in [-0.39, 0.29) is 10.9 Å². The van der Waals surface area contributed by atoms with Crippen LogP contribution in [0.5, 0.6) is 0 Å². The van der Waals surface area contributed by atoms with Gasteiger partial charge in [0.2, 0.25) is 0 Å². The second-order valence-corrected chi connectivity index (χ2v) is 3.82. The fourth-order valence-corrected chi connectivity index (χ4v) is 1.44. The molecule has 0 bridgehead atoms. The maximum Gasteiger partial charge on any atom is 0.0647 e. The number of alkyl halides is 1. The summed E-state index contributed by atoms with van der Waals surface area (Å²) in [6, 6.07) is 0.101. The SMILES string of the molecule is NC1C=CC=C(Br)C1Br. The lowest BCUT2D eigenvalue weighted by molar-refractivity contribution is 0.846. The Kier molecular flexibility index (Phi) is 2.50. The average Bonchev–Trinajstić information content (AvgIpc) is 1.83. The molecule has 0 radical (unpaired) electrons. The van der Waals surface area contributed by atoms with Crippen LogP contribution in [0.2, 0.25) is 0 Å². The molecule has 0 fully saturated rings. The zero-order chi connectivity index (χ0) is 6.85. The molecule has 2 unspecified atom stereocenters. The summed E-state index contributed by atoms with van der Waals surface area (Å²) in [6.45, 7) is 0. The van der Waals surface area contributed by atoms with Gasteiger partial charge in [-0.1, -0.05) is 50.1 Å². The van der Waals surface area contributed by atoms with Gasteiger partial charge in [0, 0.05) is 10.5 Å². The van der Waals surface area contributed by atoms with E-state index in [1.54, 1.807) is 0 Å². The second-order valence-electron chi connectivity index (χ2n) is 1.92. The third-order valence-corrected chi connectivity index (χ3v) is 3.67. The summed E-state index contributed by atoms with van der Waals surface area (Å²) < 4.78 is 1.11. The van der Waals surface area contributed by atoms with Crippen molar-refractivity contribution in [2.45, 2.75) is 10.9 Å². The molecule has 0 aromatic rings. The van der Waals surface area contributed by atoms with E-state index in [0.29, 0.717) is 0 Å². The molecule has 2 atom stereocenters. The standard InChI is InChI=1S/C6H7Br2N/c7-4-2-1-3-5(9)6(4)8/h1-3,5-6H,9H2. The van der Waals surface area contributed by atoms with Gasteiger partial charge in [-0.15, -0.1) is 0 Å². The van der Waals surface area contributed by atoms with Crippen molar-refractivity contribution in [2.24, 2.45) is 5.73 Å². The lowest BCUT2D eigenvalue weighted by Crippen LogP contribution is -2.29. The Morgan fingerprint density at radius 1 is 1.56 bits per heavy atom. The molecular weight excluding hydrogens is 246 g/mol. The van der Waals surface area contributed by atoms with Crippen LogP contribution in [0.25, 0.3) is 0 Å². The summed E-state index contributed by atoms with van der Waals surface area (Å²) >= 11 is 6.80. The number of allylic oxidation sites excluding steroid dienone is 2. The van der Waals surface area contributed by atoms with Crippen LogP contribution >= 0.6 is 31.9 Å². The number of hydrogen-bond donors (Lipinski definition) is 1. The van der Waals surface area contributed by atoms with Crippen molar-refractivity contribution in [1.29, 1.82) is 0 Å². The molecule has 1 nitrogen and oxygen atoms in total. The maximum absolute atomic E-state index is 5.66. The van der Waals surface area contributed by atoms with Gasteiger partial charge in [0.15, 0.2) is 0 Å². The molecule has 1 aliphatic rings.